The van der Waals surface area contributed by atoms with E-state index in [-0.39, 0.29) is 0 Å². The van der Waals surface area contributed by atoms with Gasteiger partial charge in [0.15, 0.2) is 17.5 Å². The van der Waals surface area contributed by atoms with Crippen molar-refractivity contribution >= 4 is 54.3 Å². The van der Waals surface area contributed by atoms with E-state index in [2.05, 4.69) is 115 Å². The van der Waals surface area contributed by atoms with E-state index in [4.69, 9.17) is 24.9 Å². The summed E-state index contributed by atoms with van der Waals surface area (Å²) in [4.78, 5) is 26.0. The Morgan fingerprint density at radius 1 is 0.268 bits per heavy atom. The van der Waals surface area contributed by atoms with Crippen LogP contribution in [0.5, 0.6) is 0 Å². The fourth-order valence-corrected chi connectivity index (χ4v) is 8.08. The standard InChI is InChI=1S/C51H31N5/c1-4-16-32(17-5-1)47-42-30-35-22-10-15-27-43(35)52-48(42)41-29-28-36(31-44(41)53-47)45-37-23-11-13-25-39(37)46(40-26-14-12-24-38(40)45)51-55-49(33-18-6-2-7-19-33)54-50(56-51)34-20-8-3-9-21-34/h1-31H. The minimum Gasteiger partial charge on any atom is -0.247 e. The lowest BCUT2D eigenvalue weighted by Gasteiger charge is -2.18. The van der Waals surface area contributed by atoms with Gasteiger partial charge in [0.1, 0.15) is 0 Å². The highest BCUT2D eigenvalue weighted by Crippen LogP contribution is 2.44. The monoisotopic (exact) mass is 713 g/mol. The van der Waals surface area contributed by atoms with Crippen LogP contribution in [0.25, 0.3) is 111 Å². The fraction of sp³-hybridized carbons (Fsp3) is 0. The van der Waals surface area contributed by atoms with Gasteiger partial charge in [0.2, 0.25) is 0 Å². The summed E-state index contributed by atoms with van der Waals surface area (Å²) in [6.07, 6.45) is 0. The second-order valence-electron chi connectivity index (χ2n) is 14.0. The molecule has 0 N–H and O–H groups in total. The Morgan fingerprint density at radius 3 is 1.38 bits per heavy atom. The molecule has 5 nitrogen and oxygen atoms in total. The minimum atomic E-state index is 0.633. The minimum absolute atomic E-state index is 0.633. The van der Waals surface area contributed by atoms with Crippen LogP contribution in [0.1, 0.15) is 0 Å². The quantitative estimate of drug-likeness (QED) is 0.131. The summed E-state index contributed by atoms with van der Waals surface area (Å²) < 4.78 is 0. The smallest absolute Gasteiger partial charge is 0.165 e. The van der Waals surface area contributed by atoms with Crippen molar-refractivity contribution in [3.05, 3.63) is 188 Å². The van der Waals surface area contributed by atoms with E-state index >= 15 is 0 Å². The van der Waals surface area contributed by atoms with Crippen molar-refractivity contribution in [3.63, 3.8) is 0 Å². The molecular formula is C51H31N5. The van der Waals surface area contributed by atoms with E-state index in [0.29, 0.717) is 17.5 Å². The van der Waals surface area contributed by atoms with Gasteiger partial charge < -0.3 is 0 Å². The molecule has 3 heterocycles. The van der Waals surface area contributed by atoms with Gasteiger partial charge in [-0.05, 0) is 56.9 Å². The maximum atomic E-state index is 5.40. The van der Waals surface area contributed by atoms with Crippen LogP contribution in [0.3, 0.4) is 0 Å². The van der Waals surface area contributed by atoms with Gasteiger partial charge in [0.05, 0.1) is 22.2 Å². The molecule has 0 aliphatic carbocycles. The molecule has 5 heteroatoms. The Kier molecular flexibility index (Phi) is 7.42. The first kappa shape index (κ1) is 31.9. The van der Waals surface area contributed by atoms with Gasteiger partial charge in [0.25, 0.3) is 0 Å². The van der Waals surface area contributed by atoms with Crippen molar-refractivity contribution < 1.29 is 0 Å². The highest BCUT2D eigenvalue weighted by Gasteiger charge is 2.21. The van der Waals surface area contributed by atoms with Gasteiger partial charge in [-0.1, -0.05) is 164 Å². The highest BCUT2D eigenvalue weighted by atomic mass is 15.0. The third kappa shape index (κ3) is 5.29. The van der Waals surface area contributed by atoms with Crippen LogP contribution in [0.4, 0.5) is 0 Å². The molecule has 0 aliphatic rings. The summed E-state index contributed by atoms with van der Waals surface area (Å²) in [7, 11) is 0. The SMILES string of the molecule is c1ccc(-c2nc(-c3ccccc3)nc(-c3c4ccccc4c(-c4ccc5c(c4)nc(-c4ccccc4)c4cc6ccccc6nc45)c4ccccc34)n2)cc1. The van der Waals surface area contributed by atoms with Crippen LogP contribution in [-0.2, 0) is 0 Å². The summed E-state index contributed by atoms with van der Waals surface area (Å²) in [5, 5.41) is 7.50. The van der Waals surface area contributed by atoms with Gasteiger partial charge in [-0.25, -0.2) is 24.9 Å². The molecule has 0 unspecified atom stereocenters. The lowest BCUT2D eigenvalue weighted by atomic mass is 9.87. The summed E-state index contributed by atoms with van der Waals surface area (Å²) in [6.45, 7) is 0. The van der Waals surface area contributed by atoms with Crippen LogP contribution >= 0.6 is 0 Å². The Balaban J connectivity index is 1.19. The van der Waals surface area contributed by atoms with Gasteiger partial charge in [-0.2, -0.15) is 0 Å². The zero-order chi connectivity index (χ0) is 37.0. The molecule has 0 saturated heterocycles. The molecule has 3 aromatic heterocycles. The van der Waals surface area contributed by atoms with Crippen molar-refractivity contribution in [2.24, 2.45) is 0 Å². The lowest BCUT2D eigenvalue weighted by Crippen LogP contribution is -2.01. The van der Waals surface area contributed by atoms with Crippen LogP contribution in [0.15, 0.2) is 188 Å². The summed E-state index contributed by atoms with van der Waals surface area (Å²) in [5.41, 5.74) is 9.85. The zero-order valence-corrected chi connectivity index (χ0v) is 30.1. The number of aromatic nitrogens is 5. The topological polar surface area (TPSA) is 64.5 Å². The summed E-state index contributed by atoms with van der Waals surface area (Å²) in [5.74, 6) is 1.90. The molecule has 0 atom stereocenters. The third-order valence-corrected chi connectivity index (χ3v) is 10.7. The number of benzene rings is 8. The first-order valence-corrected chi connectivity index (χ1v) is 18.8. The number of hydrogen-bond acceptors (Lipinski definition) is 5. The molecule has 260 valence electrons. The molecule has 0 saturated carbocycles. The predicted molar refractivity (Wildman–Crippen MR) is 230 cm³/mol. The molecule has 11 rings (SSSR count). The summed E-state index contributed by atoms with van der Waals surface area (Å²) in [6, 6.07) is 65.1. The molecule has 0 fully saturated rings. The molecule has 0 spiro atoms. The molecule has 0 bridgehead atoms. The van der Waals surface area contributed by atoms with E-state index in [9.17, 15) is 0 Å². The summed E-state index contributed by atoms with van der Waals surface area (Å²) >= 11 is 0. The van der Waals surface area contributed by atoms with E-state index in [1.807, 2.05) is 72.8 Å². The van der Waals surface area contributed by atoms with Crippen molar-refractivity contribution in [2.45, 2.75) is 0 Å². The van der Waals surface area contributed by atoms with E-state index < -0.39 is 0 Å². The van der Waals surface area contributed by atoms with Crippen molar-refractivity contribution in [3.8, 4) is 56.5 Å². The van der Waals surface area contributed by atoms with Gasteiger partial charge >= 0.3 is 0 Å². The maximum Gasteiger partial charge on any atom is 0.165 e. The highest BCUT2D eigenvalue weighted by molar-refractivity contribution is 6.22. The van der Waals surface area contributed by atoms with Crippen molar-refractivity contribution in [1.82, 2.24) is 24.9 Å². The molecule has 11 aromatic rings. The molecule has 8 aromatic carbocycles. The number of fused-ring (bicyclic) bond motifs is 6. The molecule has 0 radical (unpaired) electrons. The average molecular weight is 714 g/mol. The third-order valence-electron chi connectivity index (χ3n) is 10.7. The number of nitrogens with zero attached hydrogens (tertiary/aromatic N) is 5. The zero-order valence-electron chi connectivity index (χ0n) is 30.1. The molecular weight excluding hydrogens is 683 g/mol. The van der Waals surface area contributed by atoms with Crippen LogP contribution in [0, 0.1) is 0 Å². The van der Waals surface area contributed by atoms with E-state index in [1.54, 1.807) is 0 Å². The predicted octanol–water partition coefficient (Wildman–Crippen LogP) is 12.8. The number of pyridine rings is 2. The Bertz CT molecular complexity index is 3180. The van der Waals surface area contributed by atoms with Crippen LogP contribution in [-0.4, -0.2) is 24.9 Å². The van der Waals surface area contributed by atoms with Gasteiger partial charge in [-0.3, -0.25) is 0 Å². The Labute approximate surface area is 322 Å². The molecule has 56 heavy (non-hydrogen) atoms. The van der Waals surface area contributed by atoms with Crippen molar-refractivity contribution in [1.29, 1.82) is 0 Å². The number of hydrogen-bond donors (Lipinski definition) is 0. The van der Waals surface area contributed by atoms with Gasteiger partial charge in [0, 0.05) is 38.4 Å². The second kappa shape index (κ2) is 13.0. The average Bonchev–Trinajstić information content (AvgIpc) is 3.27. The van der Waals surface area contributed by atoms with Crippen molar-refractivity contribution in [2.75, 3.05) is 0 Å². The Hall–Kier alpha value is -7.63. The second-order valence-corrected chi connectivity index (χ2v) is 14.0. The maximum absolute atomic E-state index is 5.40. The number of para-hydroxylation sites is 1. The van der Waals surface area contributed by atoms with E-state index in [0.717, 1.165) is 93.3 Å². The molecule has 0 amide bonds. The molecule has 0 aliphatic heterocycles. The Morgan fingerprint density at radius 2 is 0.768 bits per heavy atom. The lowest BCUT2D eigenvalue weighted by molar-refractivity contribution is 1.08. The first-order chi connectivity index (χ1) is 27.8. The number of rotatable bonds is 5. The first-order valence-electron chi connectivity index (χ1n) is 18.8. The largest absolute Gasteiger partial charge is 0.247 e. The van der Waals surface area contributed by atoms with E-state index in [1.165, 1.54) is 0 Å². The van der Waals surface area contributed by atoms with Crippen LogP contribution < -0.4 is 0 Å². The van der Waals surface area contributed by atoms with Crippen LogP contribution in [0.2, 0.25) is 0 Å². The normalized spacial score (nSPS) is 11.6. The van der Waals surface area contributed by atoms with Gasteiger partial charge in [-0.15, -0.1) is 0 Å². The fourth-order valence-electron chi connectivity index (χ4n) is 8.08.